The molecule has 158 valence electrons. The standard InChI is InChI=1S/C20H26N2O6S/c1-20(2,3)28-19(24)21-13-15-6-4-5-11-22(15)29(25,26)16-8-9-17-14(12-16)7-10-18(23)27-17/h7-10,12,15H,4-6,11,13H2,1-3H3,(H,21,24)/t15-/m0/s1. The Morgan fingerprint density at radius 2 is 2.00 bits per heavy atom. The van der Waals surface area contributed by atoms with Crippen molar-refractivity contribution >= 4 is 27.1 Å². The Labute approximate surface area is 169 Å². The van der Waals surface area contributed by atoms with Crippen molar-refractivity contribution in [2.75, 3.05) is 13.1 Å². The summed E-state index contributed by atoms with van der Waals surface area (Å²) >= 11 is 0. The first-order valence-corrected chi connectivity index (χ1v) is 11.0. The number of amides is 1. The van der Waals surface area contributed by atoms with Gasteiger partial charge in [0.1, 0.15) is 11.2 Å². The maximum absolute atomic E-state index is 13.3. The number of nitrogens with zero attached hydrogens (tertiary/aromatic N) is 1. The lowest BCUT2D eigenvalue weighted by Crippen LogP contribution is -2.49. The number of hydrogen-bond donors (Lipinski definition) is 1. The van der Waals surface area contributed by atoms with Crippen LogP contribution in [0.25, 0.3) is 11.0 Å². The van der Waals surface area contributed by atoms with Gasteiger partial charge in [-0.25, -0.2) is 18.0 Å². The number of ether oxygens (including phenoxy) is 1. The van der Waals surface area contributed by atoms with E-state index in [1.165, 1.54) is 34.6 Å². The van der Waals surface area contributed by atoms with E-state index < -0.39 is 27.3 Å². The highest BCUT2D eigenvalue weighted by Crippen LogP contribution is 2.27. The van der Waals surface area contributed by atoms with Crippen LogP contribution < -0.4 is 10.9 Å². The molecule has 1 aliphatic rings. The highest BCUT2D eigenvalue weighted by Gasteiger charge is 2.34. The minimum absolute atomic E-state index is 0.128. The van der Waals surface area contributed by atoms with Crippen LogP contribution in [0.4, 0.5) is 4.79 Å². The summed E-state index contributed by atoms with van der Waals surface area (Å²) in [5.41, 5.74) is -0.779. The summed E-state index contributed by atoms with van der Waals surface area (Å²) < 4.78 is 38.3. The molecule has 9 heteroatoms. The van der Waals surface area contributed by atoms with Crippen LogP contribution in [0.2, 0.25) is 0 Å². The summed E-state index contributed by atoms with van der Waals surface area (Å²) in [5.74, 6) is 0. The molecule has 1 aromatic heterocycles. The average Bonchev–Trinajstić information content (AvgIpc) is 2.64. The van der Waals surface area contributed by atoms with Gasteiger partial charge >= 0.3 is 11.7 Å². The van der Waals surface area contributed by atoms with Gasteiger partial charge in [-0.2, -0.15) is 4.31 Å². The van der Waals surface area contributed by atoms with Crippen LogP contribution >= 0.6 is 0 Å². The van der Waals surface area contributed by atoms with E-state index in [0.29, 0.717) is 23.9 Å². The second-order valence-corrected chi connectivity index (χ2v) is 9.99. The summed E-state index contributed by atoms with van der Waals surface area (Å²) in [6, 6.07) is 6.87. The van der Waals surface area contributed by atoms with Gasteiger partial charge in [-0.1, -0.05) is 6.42 Å². The molecule has 3 rings (SSSR count). The van der Waals surface area contributed by atoms with Crippen molar-refractivity contribution in [2.24, 2.45) is 0 Å². The number of alkyl carbamates (subject to hydrolysis) is 1. The molecule has 2 heterocycles. The van der Waals surface area contributed by atoms with Crippen molar-refractivity contribution in [2.45, 2.75) is 56.6 Å². The molecule has 1 amide bonds. The summed E-state index contributed by atoms with van der Waals surface area (Å²) in [7, 11) is -3.77. The van der Waals surface area contributed by atoms with Crippen LogP contribution in [0.5, 0.6) is 0 Å². The Bertz CT molecular complexity index is 1050. The largest absolute Gasteiger partial charge is 0.444 e. The number of piperidine rings is 1. The fourth-order valence-corrected chi connectivity index (χ4v) is 5.08. The second-order valence-electron chi connectivity index (χ2n) is 8.10. The van der Waals surface area contributed by atoms with Gasteiger partial charge in [-0.15, -0.1) is 0 Å². The molecule has 1 aliphatic heterocycles. The lowest BCUT2D eigenvalue weighted by molar-refractivity contribution is 0.0512. The second kappa shape index (κ2) is 8.16. The van der Waals surface area contributed by atoms with E-state index >= 15 is 0 Å². The van der Waals surface area contributed by atoms with Gasteiger partial charge in [-0.05, 0) is 57.9 Å². The fraction of sp³-hybridized carbons (Fsp3) is 0.500. The maximum atomic E-state index is 13.3. The van der Waals surface area contributed by atoms with Gasteiger partial charge in [0.05, 0.1) is 4.90 Å². The van der Waals surface area contributed by atoms with Crippen LogP contribution in [-0.2, 0) is 14.8 Å². The summed E-state index contributed by atoms with van der Waals surface area (Å²) in [4.78, 5) is 23.4. The minimum Gasteiger partial charge on any atom is -0.444 e. The zero-order chi connectivity index (χ0) is 21.2. The van der Waals surface area contributed by atoms with Crippen molar-refractivity contribution in [3.63, 3.8) is 0 Å². The van der Waals surface area contributed by atoms with Gasteiger partial charge in [0.25, 0.3) is 0 Å². The van der Waals surface area contributed by atoms with Crippen molar-refractivity contribution in [3.8, 4) is 0 Å². The molecule has 1 aromatic carbocycles. The van der Waals surface area contributed by atoms with Crippen LogP contribution in [0.3, 0.4) is 0 Å². The highest BCUT2D eigenvalue weighted by atomic mass is 32.2. The van der Waals surface area contributed by atoms with Crippen molar-refractivity contribution in [3.05, 3.63) is 40.8 Å². The first kappa shape index (κ1) is 21.3. The molecule has 0 spiro atoms. The van der Waals surface area contributed by atoms with Gasteiger partial charge in [-0.3, -0.25) is 0 Å². The fourth-order valence-electron chi connectivity index (χ4n) is 3.36. The molecule has 0 radical (unpaired) electrons. The van der Waals surface area contributed by atoms with Crippen LogP contribution in [0.1, 0.15) is 40.0 Å². The van der Waals surface area contributed by atoms with E-state index in [2.05, 4.69) is 5.32 Å². The van der Waals surface area contributed by atoms with E-state index in [1.807, 2.05) is 0 Å². The van der Waals surface area contributed by atoms with Gasteiger partial charge in [0.2, 0.25) is 10.0 Å². The van der Waals surface area contributed by atoms with E-state index in [0.717, 1.165) is 12.8 Å². The van der Waals surface area contributed by atoms with Gasteiger partial charge in [0, 0.05) is 30.6 Å². The van der Waals surface area contributed by atoms with Crippen molar-refractivity contribution in [1.29, 1.82) is 0 Å². The Morgan fingerprint density at radius 1 is 1.24 bits per heavy atom. The molecular weight excluding hydrogens is 396 g/mol. The molecule has 0 unspecified atom stereocenters. The minimum atomic E-state index is -3.77. The third-order valence-electron chi connectivity index (χ3n) is 4.65. The molecule has 29 heavy (non-hydrogen) atoms. The summed E-state index contributed by atoms with van der Waals surface area (Å²) in [5, 5.41) is 3.21. The Balaban J connectivity index is 1.81. The molecule has 1 saturated heterocycles. The highest BCUT2D eigenvalue weighted by molar-refractivity contribution is 7.89. The molecule has 0 aliphatic carbocycles. The third kappa shape index (κ3) is 5.16. The predicted octanol–water partition coefficient (Wildman–Crippen LogP) is 2.86. The van der Waals surface area contributed by atoms with Crippen molar-refractivity contribution in [1.82, 2.24) is 9.62 Å². The lowest BCUT2D eigenvalue weighted by atomic mass is 10.1. The number of sulfonamides is 1. The number of rotatable bonds is 4. The molecule has 2 aromatic rings. The molecular formula is C20H26N2O6S. The van der Waals surface area contributed by atoms with E-state index in [4.69, 9.17) is 9.15 Å². The zero-order valence-electron chi connectivity index (χ0n) is 16.8. The van der Waals surface area contributed by atoms with Gasteiger partial charge in [0.15, 0.2) is 0 Å². The molecule has 8 nitrogen and oxygen atoms in total. The number of carbonyl (C=O) groups is 1. The average molecular weight is 423 g/mol. The van der Waals surface area contributed by atoms with E-state index in [1.54, 1.807) is 20.8 Å². The molecule has 1 atom stereocenters. The number of nitrogens with one attached hydrogen (secondary N) is 1. The summed E-state index contributed by atoms with van der Waals surface area (Å²) in [6.07, 6.45) is 1.72. The molecule has 1 N–H and O–H groups in total. The molecule has 0 saturated carbocycles. The monoisotopic (exact) mass is 422 g/mol. The number of hydrogen-bond acceptors (Lipinski definition) is 6. The smallest absolute Gasteiger partial charge is 0.407 e. The lowest BCUT2D eigenvalue weighted by Gasteiger charge is -2.35. The predicted molar refractivity (Wildman–Crippen MR) is 108 cm³/mol. The molecule has 1 fully saturated rings. The van der Waals surface area contributed by atoms with Crippen molar-refractivity contribution < 1.29 is 22.4 Å². The SMILES string of the molecule is CC(C)(C)OC(=O)NC[C@@H]1CCCCN1S(=O)(=O)c1ccc2oc(=O)ccc2c1. The number of benzene rings is 1. The summed E-state index contributed by atoms with van der Waals surface area (Å²) in [6.45, 7) is 5.87. The van der Waals surface area contributed by atoms with Gasteiger partial charge < -0.3 is 14.5 Å². The van der Waals surface area contributed by atoms with E-state index in [-0.39, 0.29) is 17.5 Å². The third-order valence-corrected chi connectivity index (χ3v) is 6.60. The van der Waals surface area contributed by atoms with E-state index in [9.17, 15) is 18.0 Å². The topological polar surface area (TPSA) is 106 Å². The number of fused-ring (bicyclic) bond motifs is 1. The van der Waals surface area contributed by atoms with Crippen LogP contribution in [0, 0.1) is 0 Å². The van der Waals surface area contributed by atoms with Crippen LogP contribution in [0.15, 0.2) is 44.4 Å². The first-order valence-electron chi connectivity index (χ1n) is 9.59. The Morgan fingerprint density at radius 3 is 2.72 bits per heavy atom. The zero-order valence-corrected chi connectivity index (χ0v) is 17.6. The normalized spacial score (nSPS) is 18.5. The Kier molecular flexibility index (Phi) is 6.00. The number of carbonyl (C=O) groups excluding carboxylic acids is 1. The Hall–Kier alpha value is -2.39. The maximum Gasteiger partial charge on any atom is 0.407 e. The quantitative estimate of drug-likeness (QED) is 0.760. The molecule has 0 bridgehead atoms. The first-order chi connectivity index (χ1) is 13.6. The van der Waals surface area contributed by atoms with Crippen LogP contribution in [-0.4, -0.2) is 43.5 Å².